The lowest BCUT2D eigenvalue weighted by Gasteiger charge is -2.10. The van der Waals surface area contributed by atoms with Gasteiger partial charge in [0.25, 0.3) is 0 Å². The van der Waals surface area contributed by atoms with Crippen LogP contribution in [-0.2, 0) is 9.47 Å². The summed E-state index contributed by atoms with van der Waals surface area (Å²) in [5, 5.41) is 0. The highest BCUT2D eigenvalue weighted by Crippen LogP contribution is 2.17. The molecule has 0 amide bonds. The minimum Gasteiger partial charge on any atom is -0.489 e. The van der Waals surface area contributed by atoms with E-state index in [1.165, 1.54) is 0 Å². The monoisotopic (exact) mass is 208 g/mol. The first-order valence-corrected chi connectivity index (χ1v) is 4.77. The van der Waals surface area contributed by atoms with Gasteiger partial charge in [0.2, 0.25) is 0 Å². The lowest BCUT2D eigenvalue weighted by molar-refractivity contribution is 0.0981. The molecule has 4 heteroatoms. The molecule has 1 unspecified atom stereocenters. The molecule has 1 aromatic rings. The smallest absolute Gasteiger partial charge is 0.489 e. The molecule has 1 aliphatic rings. The van der Waals surface area contributed by atoms with Gasteiger partial charge in [0.15, 0.2) is 6.10 Å². The molecule has 15 heavy (non-hydrogen) atoms. The number of benzene rings is 1. The molecule has 2 rings (SSSR count). The van der Waals surface area contributed by atoms with Crippen LogP contribution in [0.1, 0.15) is 5.56 Å². The van der Waals surface area contributed by atoms with Gasteiger partial charge in [-0.05, 0) is 18.6 Å². The number of rotatable bonds is 3. The first-order valence-electron chi connectivity index (χ1n) is 4.77. The fourth-order valence-electron chi connectivity index (χ4n) is 1.35. The first kappa shape index (κ1) is 9.83. The fourth-order valence-corrected chi connectivity index (χ4v) is 1.35. The summed E-state index contributed by atoms with van der Waals surface area (Å²) in [6.07, 6.45) is -0.912. The predicted octanol–water partition coefficient (Wildman–Crippen LogP) is 1.91. The van der Waals surface area contributed by atoms with E-state index in [1.54, 1.807) is 0 Å². The number of ether oxygens (including phenoxy) is 3. The van der Waals surface area contributed by atoms with Crippen molar-refractivity contribution < 1.29 is 19.0 Å². The largest absolute Gasteiger partial charge is 0.508 e. The lowest BCUT2D eigenvalue weighted by atomic mass is 10.2. The number of hydrogen-bond donors (Lipinski definition) is 0. The van der Waals surface area contributed by atoms with E-state index in [2.05, 4.69) is 4.74 Å². The van der Waals surface area contributed by atoms with Gasteiger partial charge in [0.05, 0.1) is 0 Å². The second-order valence-corrected chi connectivity index (χ2v) is 3.38. The Hall–Kier alpha value is -1.71. The Labute approximate surface area is 87.8 Å². The van der Waals surface area contributed by atoms with Gasteiger partial charge in [0, 0.05) is 0 Å². The number of carbonyl (C=O) groups is 1. The van der Waals surface area contributed by atoms with Crippen molar-refractivity contribution in [1.82, 2.24) is 0 Å². The van der Waals surface area contributed by atoms with Gasteiger partial charge >= 0.3 is 6.16 Å². The molecule has 0 aliphatic carbocycles. The lowest BCUT2D eigenvalue weighted by Crippen LogP contribution is -2.20. The van der Waals surface area contributed by atoms with Crippen LogP contribution < -0.4 is 4.74 Å². The third kappa shape index (κ3) is 2.40. The van der Waals surface area contributed by atoms with Gasteiger partial charge in [-0.2, -0.15) is 0 Å². The van der Waals surface area contributed by atoms with E-state index in [-0.39, 0.29) is 12.7 Å². The normalized spacial score (nSPS) is 19.5. The van der Waals surface area contributed by atoms with Gasteiger partial charge in [-0.1, -0.05) is 18.2 Å². The first-order chi connectivity index (χ1) is 7.25. The Bertz CT molecular complexity index is 361. The van der Waals surface area contributed by atoms with E-state index in [0.29, 0.717) is 6.61 Å². The van der Waals surface area contributed by atoms with Crippen molar-refractivity contribution >= 4 is 6.16 Å². The van der Waals surface area contributed by atoms with Gasteiger partial charge in [-0.15, -0.1) is 0 Å². The van der Waals surface area contributed by atoms with Crippen LogP contribution >= 0.6 is 0 Å². The molecule has 0 bridgehead atoms. The second-order valence-electron chi connectivity index (χ2n) is 3.38. The maximum absolute atomic E-state index is 10.6. The summed E-state index contributed by atoms with van der Waals surface area (Å²) in [5.41, 5.74) is 1.06. The van der Waals surface area contributed by atoms with Crippen molar-refractivity contribution in [1.29, 1.82) is 0 Å². The second kappa shape index (κ2) is 4.21. The molecule has 0 spiro atoms. The molecule has 1 fully saturated rings. The van der Waals surface area contributed by atoms with Crippen LogP contribution in [0, 0.1) is 6.92 Å². The zero-order valence-corrected chi connectivity index (χ0v) is 8.43. The van der Waals surface area contributed by atoms with Crippen LogP contribution in [0.4, 0.5) is 4.79 Å². The predicted molar refractivity (Wildman–Crippen MR) is 52.9 cm³/mol. The maximum Gasteiger partial charge on any atom is 0.508 e. The molecule has 0 N–H and O–H groups in total. The van der Waals surface area contributed by atoms with Crippen molar-refractivity contribution in [2.75, 3.05) is 13.2 Å². The quantitative estimate of drug-likeness (QED) is 0.712. The van der Waals surface area contributed by atoms with Crippen LogP contribution in [0.3, 0.4) is 0 Å². The highest BCUT2D eigenvalue weighted by atomic mass is 16.8. The van der Waals surface area contributed by atoms with Gasteiger partial charge in [0.1, 0.15) is 19.0 Å². The van der Waals surface area contributed by atoms with Crippen LogP contribution in [0.2, 0.25) is 0 Å². The molecule has 1 aliphatic heterocycles. The van der Waals surface area contributed by atoms with E-state index >= 15 is 0 Å². The van der Waals surface area contributed by atoms with E-state index in [4.69, 9.17) is 9.47 Å². The highest BCUT2D eigenvalue weighted by Gasteiger charge is 2.25. The minimum atomic E-state index is -0.617. The SMILES string of the molecule is Cc1ccccc1OCC1COC(=O)O1. The molecule has 0 saturated carbocycles. The topological polar surface area (TPSA) is 44.8 Å². The van der Waals surface area contributed by atoms with Gasteiger partial charge < -0.3 is 14.2 Å². The Morgan fingerprint density at radius 2 is 2.27 bits per heavy atom. The van der Waals surface area contributed by atoms with Crippen molar-refractivity contribution in [3.63, 3.8) is 0 Å². The van der Waals surface area contributed by atoms with Crippen molar-refractivity contribution in [3.05, 3.63) is 29.8 Å². The summed E-state index contributed by atoms with van der Waals surface area (Å²) in [7, 11) is 0. The summed E-state index contributed by atoms with van der Waals surface area (Å²) in [5.74, 6) is 0.806. The Morgan fingerprint density at radius 3 is 2.93 bits per heavy atom. The molecule has 1 heterocycles. The highest BCUT2D eigenvalue weighted by molar-refractivity contribution is 5.61. The minimum absolute atomic E-state index is 0.269. The number of aryl methyl sites for hydroxylation is 1. The molecule has 0 aromatic heterocycles. The van der Waals surface area contributed by atoms with Crippen LogP contribution in [-0.4, -0.2) is 25.5 Å². The zero-order chi connectivity index (χ0) is 10.7. The third-order valence-electron chi connectivity index (χ3n) is 2.17. The van der Waals surface area contributed by atoms with E-state index < -0.39 is 6.16 Å². The molecule has 1 atom stereocenters. The summed E-state index contributed by atoms with van der Waals surface area (Å²) in [6.45, 7) is 2.56. The average molecular weight is 208 g/mol. The zero-order valence-electron chi connectivity index (χ0n) is 8.43. The van der Waals surface area contributed by atoms with E-state index in [0.717, 1.165) is 11.3 Å². The summed E-state index contributed by atoms with van der Waals surface area (Å²) in [4.78, 5) is 10.6. The molecular formula is C11H12O4. The molecule has 4 nitrogen and oxygen atoms in total. The molecule has 1 aromatic carbocycles. The standard InChI is InChI=1S/C11H12O4/c1-8-4-2-3-5-10(8)13-6-9-7-14-11(12)15-9/h2-5,9H,6-7H2,1H3. The average Bonchev–Trinajstić information content (AvgIpc) is 2.63. The number of cyclic esters (lactones) is 2. The third-order valence-corrected chi connectivity index (χ3v) is 2.17. The Morgan fingerprint density at radius 1 is 1.47 bits per heavy atom. The van der Waals surface area contributed by atoms with Gasteiger partial charge in [-0.3, -0.25) is 0 Å². The summed E-state index contributed by atoms with van der Waals surface area (Å²) < 4.78 is 15.0. The molecule has 80 valence electrons. The van der Waals surface area contributed by atoms with Gasteiger partial charge in [-0.25, -0.2) is 4.79 Å². The molecule has 1 saturated heterocycles. The van der Waals surface area contributed by atoms with Crippen LogP contribution in [0.25, 0.3) is 0 Å². The maximum atomic E-state index is 10.6. The van der Waals surface area contributed by atoms with E-state index in [9.17, 15) is 4.79 Å². The summed E-state index contributed by atoms with van der Waals surface area (Å²) in [6, 6.07) is 7.69. The van der Waals surface area contributed by atoms with Crippen molar-refractivity contribution in [2.45, 2.75) is 13.0 Å². The number of para-hydroxylation sites is 1. The van der Waals surface area contributed by atoms with E-state index in [1.807, 2.05) is 31.2 Å². The van der Waals surface area contributed by atoms with Crippen LogP contribution in [0.5, 0.6) is 5.75 Å². The Balaban J connectivity index is 1.88. The van der Waals surface area contributed by atoms with Crippen LogP contribution in [0.15, 0.2) is 24.3 Å². The number of hydrogen-bond acceptors (Lipinski definition) is 4. The molecular weight excluding hydrogens is 196 g/mol. The summed E-state index contributed by atoms with van der Waals surface area (Å²) >= 11 is 0. The Kier molecular flexibility index (Phi) is 2.76. The fraction of sp³-hybridized carbons (Fsp3) is 0.364. The van der Waals surface area contributed by atoms with Crippen molar-refractivity contribution in [2.24, 2.45) is 0 Å². The number of carbonyl (C=O) groups excluding carboxylic acids is 1. The molecule has 0 radical (unpaired) electrons. The van der Waals surface area contributed by atoms with Crippen molar-refractivity contribution in [3.8, 4) is 5.75 Å².